The quantitative estimate of drug-likeness (QED) is 0.747. The Morgan fingerprint density at radius 3 is 2.65 bits per heavy atom. The molecule has 2 unspecified atom stereocenters. The zero-order chi connectivity index (χ0) is 18.4. The summed E-state index contributed by atoms with van der Waals surface area (Å²) in [6, 6.07) is 9.83. The highest BCUT2D eigenvalue weighted by Crippen LogP contribution is 2.21. The van der Waals surface area contributed by atoms with E-state index in [0.717, 1.165) is 42.5 Å². The van der Waals surface area contributed by atoms with Gasteiger partial charge in [-0.15, -0.1) is 0 Å². The van der Waals surface area contributed by atoms with Crippen LogP contribution in [0.25, 0.3) is 11.3 Å². The number of hydrogen-bond donors (Lipinski definition) is 2. The van der Waals surface area contributed by atoms with Crippen LogP contribution in [0.2, 0.25) is 0 Å². The van der Waals surface area contributed by atoms with E-state index < -0.39 is 0 Å². The van der Waals surface area contributed by atoms with Gasteiger partial charge in [0.15, 0.2) is 0 Å². The number of carbonyl (C=O) groups is 1. The Kier molecular flexibility index (Phi) is 6.45. The molecule has 26 heavy (non-hydrogen) atoms. The van der Waals surface area contributed by atoms with Crippen molar-refractivity contribution in [2.75, 3.05) is 26.2 Å². The number of nitrogens with one attached hydrogen (secondary N) is 2. The number of aromatic amines is 1. The Morgan fingerprint density at radius 1 is 1.19 bits per heavy atom. The summed E-state index contributed by atoms with van der Waals surface area (Å²) in [5, 5.41) is 10.0. The lowest BCUT2D eigenvalue weighted by molar-refractivity contribution is 0.0952. The summed E-state index contributed by atoms with van der Waals surface area (Å²) in [6.07, 6.45) is 5.08. The number of unbranched alkanes of at least 4 members (excludes halogenated alkanes) is 1. The molecule has 3 rings (SSSR count). The zero-order valence-corrected chi connectivity index (χ0v) is 15.9. The summed E-state index contributed by atoms with van der Waals surface area (Å²) in [7, 11) is 0. The van der Waals surface area contributed by atoms with E-state index in [1.54, 1.807) is 6.20 Å². The van der Waals surface area contributed by atoms with Crippen LogP contribution in [0.3, 0.4) is 0 Å². The molecule has 2 aromatic rings. The standard InChI is InChI=1S/C21H30N4O/c1-16-12-17(2)15-25(14-16)11-7-6-10-22-21(26)19-13-23-24-20(19)18-8-4-3-5-9-18/h3-5,8-9,13,16-17H,6-7,10-12,14-15H2,1-2H3,(H,22,26)(H,23,24). The molecule has 5 heteroatoms. The molecule has 0 spiro atoms. The molecule has 1 aliphatic heterocycles. The summed E-state index contributed by atoms with van der Waals surface area (Å²) in [5.41, 5.74) is 2.36. The summed E-state index contributed by atoms with van der Waals surface area (Å²) < 4.78 is 0. The summed E-state index contributed by atoms with van der Waals surface area (Å²) in [4.78, 5) is 15.0. The molecule has 2 atom stereocenters. The molecule has 1 fully saturated rings. The molecule has 0 aliphatic carbocycles. The van der Waals surface area contributed by atoms with Crippen LogP contribution < -0.4 is 5.32 Å². The number of H-pyrrole nitrogens is 1. The van der Waals surface area contributed by atoms with Gasteiger partial charge in [-0.25, -0.2) is 0 Å². The van der Waals surface area contributed by atoms with Crippen molar-refractivity contribution < 1.29 is 4.79 Å². The molecular formula is C21H30N4O. The van der Waals surface area contributed by atoms with E-state index in [1.165, 1.54) is 19.5 Å². The molecule has 1 aromatic heterocycles. The van der Waals surface area contributed by atoms with Gasteiger partial charge < -0.3 is 10.2 Å². The molecule has 5 nitrogen and oxygen atoms in total. The van der Waals surface area contributed by atoms with E-state index in [1.807, 2.05) is 30.3 Å². The maximum Gasteiger partial charge on any atom is 0.255 e. The monoisotopic (exact) mass is 354 g/mol. The highest BCUT2D eigenvalue weighted by molar-refractivity contribution is 5.99. The smallest absolute Gasteiger partial charge is 0.255 e. The van der Waals surface area contributed by atoms with Crippen LogP contribution in [0.1, 0.15) is 43.5 Å². The highest BCUT2D eigenvalue weighted by atomic mass is 16.1. The van der Waals surface area contributed by atoms with Crippen LogP contribution in [0, 0.1) is 11.8 Å². The molecule has 0 radical (unpaired) electrons. The van der Waals surface area contributed by atoms with Crippen molar-refractivity contribution in [2.45, 2.75) is 33.1 Å². The Labute approximate surface area is 156 Å². The second-order valence-electron chi connectivity index (χ2n) is 7.69. The first-order chi connectivity index (χ1) is 12.6. The van der Waals surface area contributed by atoms with Gasteiger partial charge in [-0.05, 0) is 37.6 Å². The fraction of sp³-hybridized carbons (Fsp3) is 0.524. The third-order valence-corrected chi connectivity index (χ3v) is 5.08. The van der Waals surface area contributed by atoms with Crippen molar-refractivity contribution in [1.29, 1.82) is 0 Å². The Bertz CT molecular complexity index is 687. The Hall–Kier alpha value is -2.14. The van der Waals surface area contributed by atoms with Gasteiger partial charge in [-0.2, -0.15) is 5.10 Å². The fourth-order valence-electron chi connectivity index (χ4n) is 4.02. The first-order valence-electron chi connectivity index (χ1n) is 9.73. The van der Waals surface area contributed by atoms with Gasteiger partial charge in [0, 0.05) is 25.2 Å². The Morgan fingerprint density at radius 2 is 1.92 bits per heavy atom. The van der Waals surface area contributed by atoms with E-state index in [0.29, 0.717) is 12.1 Å². The van der Waals surface area contributed by atoms with Crippen molar-refractivity contribution in [2.24, 2.45) is 11.8 Å². The number of amides is 1. The van der Waals surface area contributed by atoms with Crippen LogP contribution in [-0.2, 0) is 0 Å². The topological polar surface area (TPSA) is 61.0 Å². The number of piperidine rings is 1. The van der Waals surface area contributed by atoms with E-state index in [-0.39, 0.29) is 5.91 Å². The van der Waals surface area contributed by atoms with Crippen LogP contribution in [0.5, 0.6) is 0 Å². The van der Waals surface area contributed by atoms with Gasteiger partial charge in [0.05, 0.1) is 17.5 Å². The van der Waals surface area contributed by atoms with Crippen LogP contribution in [0.15, 0.2) is 36.5 Å². The predicted octanol–water partition coefficient (Wildman–Crippen LogP) is 3.56. The number of likely N-dealkylation sites (tertiary alicyclic amines) is 1. The van der Waals surface area contributed by atoms with E-state index in [2.05, 4.69) is 34.3 Å². The molecule has 0 bridgehead atoms. The zero-order valence-electron chi connectivity index (χ0n) is 15.9. The number of nitrogens with zero attached hydrogens (tertiary/aromatic N) is 2. The van der Waals surface area contributed by atoms with Crippen LogP contribution in [-0.4, -0.2) is 47.2 Å². The van der Waals surface area contributed by atoms with Gasteiger partial charge in [-0.3, -0.25) is 9.89 Å². The largest absolute Gasteiger partial charge is 0.352 e. The lowest BCUT2D eigenvalue weighted by Gasteiger charge is -2.34. The van der Waals surface area contributed by atoms with Crippen molar-refractivity contribution in [3.05, 3.63) is 42.1 Å². The SMILES string of the molecule is CC1CC(C)CN(CCCCNC(=O)c2cn[nH]c2-c2ccccc2)C1. The maximum absolute atomic E-state index is 12.5. The summed E-state index contributed by atoms with van der Waals surface area (Å²) >= 11 is 0. The van der Waals surface area contributed by atoms with Crippen molar-refractivity contribution in [3.63, 3.8) is 0 Å². The van der Waals surface area contributed by atoms with Gasteiger partial charge in [0.25, 0.3) is 5.91 Å². The van der Waals surface area contributed by atoms with Gasteiger partial charge in [0.2, 0.25) is 0 Å². The highest BCUT2D eigenvalue weighted by Gasteiger charge is 2.21. The number of rotatable bonds is 7. The molecule has 1 aromatic carbocycles. The third kappa shape index (κ3) is 4.94. The molecular weight excluding hydrogens is 324 g/mol. The van der Waals surface area contributed by atoms with E-state index in [4.69, 9.17) is 0 Å². The lowest BCUT2D eigenvalue weighted by atomic mass is 9.92. The predicted molar refractivity (Wildman–Crippen MR) is 105 cm³/mol. The summed E-state index contributed by atoms with van der Waals surface area (Å²) in [5.74, 6) is 1.55. The van der Waals surface area contributed by atoms with E-state index in [9.17, 15) is 4.79 Å². The second kappa shape index (κ2) is 8.99. The fourth-order valence-corrected chi connectivity index (χ4v) is 4.02. The maximum atomic E-state index is 12.5. The average Bonchev–Trinajstić information content (AvgIpc) is 3.11. The minimum absolute atomic E-state index is 0.0576. The number of hydrogen-bond acceptors (Lipinski definition) is 3. The minimum Gasteiger partial charge on any atom is -0.352 e. The molecule has 1 saturated heterocycles. The van der Waals surface area contributed by atoms with Crippen LogP contribution in [0.4, 0.5) is 0 Å². The average molecular weight is 354 g/mol. The lowest BCUT2D eigenvalue weighted by Crippen LogP contribution is -2.39. The molecule has 2 heterocycles. The molecule has 1 aliphatic rings. The number of carbonyl (C=O) groups excluding carboxylic acids is 1. The Balaban J connectivity index is 1.42. The number of benzene rings is 1. The van der Waals surface area contributed by atoms with Gasteiger partial charge in [0.1, 0.15) is 0 Å². The van der Waals surface area contributed by atoms with Crippen molar-refractivity contribution in [3.8, 4) is 11.3 Å². The number of aromatic nitrogens is 2. The van der Waals surface area contributed by atoms with Crippen molar-refractivity contribution >= 4 is 5.91 Å². The molecule has 2 N–H and O–H groups in total. The second-order valence-corrected chi connectivity index (χ2v) is 7.69. The van der Waals surface area contributed by atoms with Gasteiger partial charge >= 0.3 is 0 Å². The normalized spacial score (nSPS) is 20.8. The van der Waals surface area contributed by atoms with Crippen LogP contribution >= 0.6 is 0 Å². The molecule has 1 amide bonds. The first kappa shape index (κ1) is 18.6. The minimum atomic E-state index is -0.0576. The summed E-state index contributed by atoms with van der Waals surface area (Å²) in [6.45, 7) is 8.96. The third-order valence-electron chi connectivity index (χ3n) is 5.08. The molecule has 0 saturated carbocycles. The van der Waals surface area contributed by atoms with Crippen molar-refractivity contribution in [1.82, 2.24) is 20.4 Å². The first-order valence-corrected chi connectivity index (χ1v) is 9.73. The van der Waals surface area contributed by atoms with E-state index >= 15 is 0 Å². The van der Waals surface area contributed by atoms with Gasteiger partial charge in [-0.1, -0.05) is 44.2 Å². The molecule has 140 valence electrons.